The Morgan fingerprint density at radius 2 is 2.13 bits per heavy atom. The zero-order valence-electron chi connectivity index (χ0n) is 7.41. The molecular formula is C10H5Cl2NOS. The summed E-state index contributed by atoms with van der Waals surface area (Å²) >= 11 is 13.3. The average molecular weight is 258 g/mol. The lowest BCUT2D eigenvalue weighted by atomic mass is 10.2. The third-order valence-corrected chi connectivity index (χ3v) is 3.54. The van der Waals surface area contributed by atoms with Crippen LogP contribution in [0, 0.1) is 0 Å². The molecule has 0 fully saturated rings. The maximum absolute atomic E-state index is 10.5. The standard InChI is InChI=1S/C10H5Cl2NOS/c11-8-3-1-2-7(9(8)12)10-13-6(4-14)5-15-10/h1-5H. The van der Waals surface area contributed by atoms with Crippen LogP contribution >= 0.6 is 34.5 Å². The van der Waals surface area contributed by atoms with E-state index in [0.29, 0.717) is 27.0 Å². The van der Waals surface area contributed by atoms with Gasteiger partial charge >= 0.3 is 0 Å². The lowest BCUT2D eigenvalue weighted by Crippen LogP contribution is -1.82. The van der Waals surface area contributed by atoms with Crippen molar-refractivity contribution in [2.24, 2.45) is 0 Å². The van der Waals surface area contributed by atoms with Crippen LogP contribution in [-0.4, -0.2) is 11.3 Å². The van der Waals surface area contributed by atoms with E-state index in [1.54, 1.807) is 17.5 Å². The summed E-state index contributed by atoms with van der Waals surface area (Å²) in [4.78, 5) is 14.6. The Balaban J connectivity index is 2.53. The number of thiazole rings is 1. The molecule has 0 spiro atoms. The lowest BCUT2D eigenvalue weighted by molar-refractivity contribution is 0.111. The molecule has 1 aromatic carbocycles. The molecule has 0 atom stereocenters. The van der Waals surface area contributed by atoms with E-state index in [1.165, 1.54) is 11.3 Å². The highest BCUT2D eigenvalue weighted by molar-refractivity contribution is 7.13. The molecule has 2 nitrogen and oxygen atoms in total. The summed E-state index contributed by atoms with van der Waals surface area (Å²) in [5.41, 5.74) is 1.16. The molecule has 0 aliphatic rings. The SMILES string of the molecule is O=Cc1csc(-c2cccc(Cl)c2Cl)n1. The van der Waals surface area contributed by atoms with Crippen molar-refractivity contribution in [3.63, 3.8) is 0 Å². The van der Waals surface area contributed by atoms with Gasteiger partial charge in [-0.25, -0.2) is 4.98 Å². The van der Waals surface area contributed by atoms with Crippen LogP contribution in [0.25, 0.3) is 10.6 Å². The van der Waals surface area contributed by atoms with Gasteiger partial charge in [0.05, 0.1) is 10.0 Å². The fourth-order valence-corrected chi connectivity index (χ4v) is 2.37. The van der Waals surface area contributed by atoms with E-state index in [4.69, 9.17) is 23.2 Å². The zero-order chi connectivity index (χ0) is 10.8. The Kier molecular flexibility index (Phi) is 3.05. The van der Waals surface area contributed by atoms with Crippen molar-refractivity contribution in [2.75, 3.05) is 0 Å². The molecule has 0 unspecified atom stereocenters. The molecule has 0 saturated carbocycles. The fraction of sp³-hybridized carbons (Fsp3) is 0. The van der Waals surface area contributed by atoms with E-state index in [9.17, 15) is 4.79 Å². The van der Waals surface area contributed by atoms with E-state index in [1.807, 2.05) is 6.07 Å². The van der Waals surface area contributed by atoms with Crippen molar-refractivity contribution < 1.29 is 4.79 Å². The van der Waals surface area contributed by atoms with Crippen molar-refractivity contribution >= 4 is 40.8 Å². The van der Waals surface area contributed by atoms with Crippen LogP contribution in [0.15, 0.2) is 23.6 Å². The van der Waals surface area contributed by atoms with E-state index in [-0.39, 0.29) is 0 Å². The number of hydrogen-bond donors (Lipinski definition) is 0. The third-order valence-electron chi connectivity index (χ3n) is 1.82. The number of aldehydes is 1. The molecule has 5 heteroatoms. The van der Waals surface area contributed by atoms with E-state index >= 15 is 0 Å². The van der Waals surface area contributed by atoms with Gasteiger partial charge in [0.1, 0.15) is 10.7 Å². The van der Waals surface area contributed by atoms with Crippen LogP contribution in [0.5, 0.6) is 0 Å². The highest BCUT2D eigenvalue weighted by atomic mass is 35.5. The summed E-state index contributed by atoms with van der Waals surface area (Å²) < 4.78 is 0. The molecule has 0 radical (unpaired) electrons. The van der Waals surface area contributed by atoms with Crippen molar-refractivity contribution in [1.82, 2.24) is 4.98 Å². The van der Waals surface area contributed by atoms with Crippen LogP contribution in [0.4, 0.5) is 0 Å². The Labute approximate surface area is 100 Å². The fourth-order valence-electron chi connectivity index (χ4n) is 1.13. The molecule has 15 heavy (non-hydrogen) atoms. The highest BCUT2D eigenvalue weighted by Crippen LogP contribution is 2.34. The molecule has 2 rings (SSSR count). The molecule has 2 aromatic rings. The molecule has 0 bridgehead atoms. The van der Waals surface area contributed by atoms with Gasteiger partial charge in [0.2, 0.25) is 0 Å². The first-order valence-corrected chi connectivity index (χ1v) is 5.71. The first-order chi connectivity index (χ1) is 7.22. The minimum absolute atomic E-state index is 0.408. The molecule has 1 heterocycles. The first-order valence-electron chi connectivity index (χ1n) is 4.07. The molecule has 0 aliphatic heterocycles. The summed E-state index contributed by atoms with van der Waals surface area (Å²) in [7, 11) is 0. The van der Waals surface area contributed by atoms with Crippen molar-refractivity contribution in [1.29, 1.82) is 0 Å². The maximum atomic E-state index is 10.5. The van der Waals surface area contributed by atoms with Gasteiger partial charge in [-0.3, -0.25) is 4.79 Å². The van der Waals surface area contributed by atoms with Crippen LogP contribution in [0.1, 0.15) is 10.5 Å². The number of aromatic nitrogens is 1. The number of rotatable bonds is 2. The van der Waals surface area contributed by atoms with Gasteiger partial charge in [-0.1, -0.05) is 35.3 Å². The Morgan fingerprint density at radius 3 is 2.80 bits per heavy atom. The topological polar surface area (TPSA) is 30.0 Å². The number of hydrogen-bond acceptors (Lipinski definition) is 3. The summed E-state index contributed by atoms with van der Waals surface area (Å²) in [5.74, 6) is 0. The largest absolute Gasteiger partial charge is 0.296 e. The number of halogens is 2. The number of nitrogens with zero attached hydrogens (tertiary/aromatic N) is 1. The predicted octanol–water partition coefficient (Wildman–Crippen LogP) is 3.93. The quantitative estimate of drug-likeness (QED) is 0.764. The Morgan fingerprint density at radius 1 is 1.33 bits per heavy atom. The second-order valence-electron chi connectivity index (χ2n) is 2.80. The van der Waals surface area contributed by atoms with Crippen LogP contribution < -0.4 is 0 Å². The van der Waals surface area contributed by atoms with E-state index < -0.39 is 0 Å². The molecule has 0 aliphatic carbocycles. The van der Waals surface area contributed by atoms with Gasteiger partial charge in [-0.2, -0.15) is 0 Å². The second-order valence-corrected chi connectivity index (χ2v) is 4.44. The van der Waals surface area contributed by atoms with Crippen LogP contribution in [0.2, 0.25) is 10.0 Å². The van der Waals surface area contributed by atoms with Gasteiger partial charge in [0.15, 0.2) is 6.29 Å². The number of benzene rings is 1. The number of carbonyl (C=O) groups is 1. The van der Waals surface area contributed by atoms with Gasteiger partial charge in [-0.15, -0.1) is 11.3 Å². The smallest absolute Gasteiger partial charge is 0.169 e. The van der Waals surface area contributed by atoms with Crippen molar-refractivity contribution in [2.45, 2.75) is 0 Å². The van der Waals surface area contributed by atoms with Gasteiger partial charge < -0.3 is 0 Å². The Hall–Kier alpha value is -0.900. The van der Waals surface area contributed by atoms with E-state index in [2.05, 4.69) is 4.98 Å². The minimum Gasteiger partial charge on any atom is -0.296 e. The first kappa shape index (κ1) is 10.6. The predicted molar refractivity (Wildman–Crippen MR) is 63.0 cm³/mol. The molecule has 0 amide bonds. The molecular weight excluding hydrogens is 253 g/mol. The van der Waals surface area contributed by atoms with Crippen molar-refractivity contribution in [3.8, 4) is 10.6 Å². The summed E-state index contributed by atoms with van der Waals surface area (Å²) in [6, 6.07) is 5.33. The molecule has 0 N–H and O–H groups in total. The average Bonchev–Trinajstić information content (AvgIpc) is 2.70. The van der Waals surface area contributed by atoms with Gasteiger partial charge in [-0.05, 0) is 6.07 Å². The number of carbonyl (C=O) groups excluding carboxylic acids is 1. The second kappa shape index (κ2) is 4.31. The monoisotopic (exact) mass is 257 g/mol. The third kappa shape index (κ3) is 2.04. The summed E-state index contributed by atoms with van der Waals surface area (Å²) in [5, 5.41) is 3.33. The van der Waals surface area contributed by atoms with E-state index in [0.717, 1.165) is 5.56 Å². The molecule has 1 aromatic heterocycles. The molecule has 76 valence electrons. The minimum atomic E-state index is 0.408. The van der Waals surface area contributed by atoms with Gasteiger partial charge in [0, 0.05) is 10.9 Å². The lowest BCUT2D eigenvalue weighted by Gasteiger charge is -2.01. The van der Waals surface area contributed by atoms with Crippen LogP contribution in [-0.2, 0) is 0 Å². The summed E-state index contributed by atoms with van der Waals surface area (Å²) in [6.07, 6.45) is 0.707. The van der Waals surface area contributed by atoms with Gasteiger partial charge in [0.25, 0.3) is 0 Å². The highest BCUT2D eigenvalue weighted by Gasteiger charge is 2.10. The normalized spacial score (nSPS) is 10.3. The summed E-state index contributed by atoms with van der Waals surface area (Å²) in [6.45, 7) is 0. The van der Waals surface area contributed by atoms with Crippen molar-refractivity contribution in [3.05, 3.63) is 39.3 Å². The van der Waals surface area contributed by atoms with Crippen LogP contribution in [0.3, 0.4) is 0 Å². The zero-order valence-corrected chi connectivity index (χ0v) is 9.73. The maximum Gasteiger partial charge on any atom is 0.169 e. The molecule has 0 saturated heterocycles. The Bertz CT molecular complexity index is 510.